The molecular weight excluding hydrogens is 429 g/mol. The van der Waals surface area contributed by atoms with Crippen molar-refractivity contribution in [3.05, 3.63) is 29.8 Å². The number of hydrogen-bond acceptors (Lipinski definition) is 4. The van der Waals surface area contributed by atoms with Crippen LogP contribution in [0.4, 0.5) is 5.69 Å². The second-order valence-corrected chi connectivity index (χ2v) is 6.07. The van der Waals surface area contributed by atoms with Gasteiger partial charge in [0.2, 0.25) is 0 Å². The van der Waals surface area contributed by atoms with Crippen molar-refractivity contribution in [2.45, 2.75) is 13.0 Å². The van der Waals surface area contributed by atoms with Crippen LogP contribution in [-0.4, -0.2) is 72.4 Å². The summed E-state index contributed by atoms with van der Waals surface area (Å²) < 4.78 is 5.07. The SMILES string of the molecule is CN=C(NCCN(C)CCCOC)NCc1cccc(N(C)C)c1.I. The molecular formula is C18H34IN5O. The molecule has 144 valence electrons. The zero-order chi connectivity index (χ0) is 17.8. The van der Waals surface area contributed by atoms with Crippen LogP contribution in [0.1, 0.15) is 12.0 Å². The summed E-state index contributed by atoms with van der Waals surface area (Å²) in [5, 5.41) is 6.71. The van der Waals surface area contributed by atoms with Crippen LogP contribution in [0.3, 0.4) is 0 Å². The van der Waals surface area contributed by atoms with E-state index >= 15 is 0 Å². The van der Waals surface area contributed by atoms with E-state index in [2.05, 4.69) is 70.8 Å². The zero-order valence-electron chi connectivity index (χ0n) is 16.2. The van der Waals surface area contributed by atoms with Gasteiger partial charge in [-0.15, -0.1) is 24.0 Å². The van der Waals surface area contributed by atoms with Gasteiger partial charge in [-0.1, -0.05) is 12.1 Å². The number of anilines is 1. The van der Waals surface area contributed by atoms with Gasteiger partial charge in [-0.3, -0.25) is 4.99 Å². The minimum atomic E-state index is 0. The Morgan fingerprint density at radius 1 is 1.16 bits per heavy atom. The molecule has 0 fully saturated rings. The van der Waals surface area contributed by atoms with Crippen molar-refractivity contribution in [2.75, 3.05) is 66.4 Å². The number of guanidine groups is 1. The van der Waals surface area contributed by atoms with E-state index in [9.17, 15) is 0 Å². The first-order chi connectivity index (χ1) is 11.6. The summed E-state index contributed by atoms with van der Waals surface area (Å²) in [6.45, 7) is 4.44. The monoisotopic (exact) mass is 463 g/mol. The van der Waals surface area contributed by atoms with E-state index < -0.39 is 0 Å². The van der Waals surface area contributed by atoms with Crippen molar-refractivity contribution in [1.82, 2.24) is 15.5 Å². The Morgan fingerprint density at radius 2 is 1.92 bits per heavy atom. The van der Waals surface area contributed by atoms with Crippen LogP contribution in [0.25, 0.3) is 0 Å². The Hall–Kier alpha value is -1.06. The quantitative estimate of drug-likeness (QED) is 0.241. The number of benzene rings is 1. The molecule has 0 unspecified atom stereocenters. The molecule has 0 amide bonds. The predicted octanol–water partition coefficient (Wildman–Crippen LogP) is 2.00. The number of methoxy groups -OCH3 is 1. The lowest BCUT2D eigenvalue weighted by Gasteiger charge is -2.18. The lowest BCUT2D eigenvalue weighted by molar-refractivity contribution is 0.180. The lowest BCUT2D eigenvalue weighted by atomic mass is 10.2. The first kappa shape index (κ1) is 23.9. The molecule has 0 saturated carbocycles. The number of hydrogen-bond donors (Lipinski definition) is 2. The van der Waals surface area contributed by atoms with Crippen molar-refractivity contribution in [2.24, 2.45) is 4.99 Å². The third-order valence-corrected chi connectivity index (χ3v) is 3.78. The molecule has 0 atom stereocenters. The van der Waals surface area contributed by atoms with Gasteiger partial charge in [0.25, 0.3) is 0 Å². The Kier molecular flexibility index (Phi) is 13.5. The molecule has 2 N–H and O–H groups in total. The Morgan fingerprint density at radius 3 is 2.56 bits per heavy atom. The highest BCUT2D eigenvalue weighted by Gasteiger charge is 2.02. The van der Waals surface area contributed by atoms with E-state index in [1.165, 1.54) is 11.3 Å². The maximum atomic E-state index is 5.07. The summed E-state index contributed by atoms with van der Waals surface area (Å²) in [6.07, 6.45) is 1.06. The minimum absolute atomic E-state index is 0. The molecule has 0 aliphatic heterocycles. The van der Waals surface area contributed by atoms with E-state index in [0.29, 0.717) is 0 Å². The van der Waals surface area contributed by atoms with Crippen LogP contribution < -0.4 is 15.5 Å². The van der Waals surface area contributed by atoms with Gasteiger partial charge in [0.1, 0.15) is 0 Å². The number of nitrogens with one attached hydrogen (secondary N) is 2. The van der Waals surface area contributed by atoms with Crippen molar-refractivity contribution < 1.29 is 4.74 Å². The topological polar surface area (TPSA) is 52.1 Å². The second kappa shape index (κ2) is 14.1. The number of halogens is 1. The van der Waals surface area contributed by atoms with Crippen LogP contribution in [0.5, 0.6) is 0 Å². The van der Waals surface area contributed by atoms with Crippen molar-refractivity contribution in [3.63, 3.8) is 0 Å². The van der Waals surface area contributed by atoms with Gasteiger partial charge in [0.15, 0.2) is 5.96 Å². The normalized spacial score (nSPS) is 11.2. The van der Waals surface area contributed by atoms with Crippen molar-refractivity contribution >= 4 is 35.6 Å². The molecule has 0 spiro atoms. The van der Waals surface area contributed by atoms with Gasteiger partial charge in [-0.25, -0.2) is 0 Å². The molecule has 0 aromatic heterocycles. The Balaban J connectivity index is 0.00000576. The van der Waals surface area contributed by atoms with E-state index in [4.69, 9.17) is 4.74 Å². The highest BCUT2D eigenvalue weighted by Crippen LogP contribution is 2.12. The van der Waals surface area contributed by atoms with Gasteiger partial charge >= 0.3 is 0 Å². The van der Waals surface area contributed by atoms with E-state index in [0.717, 1.165) is 45.2 Å². The van der Waals surface area contributed by atoms with E-state index in [1.54, 1.807) is 14.2 Å². The maximum absolute atomic E-state index is 5.07. The van der Waals surface area contributed by atoms with Crippen LogP contribution in [-0.2, 0) is 11.3 Å². The first-order valence-corrected chi connectivity index (χ1v) is 8.45. The predicted molar refractivity (Wildman–Crippen MR) is 118 cm³/mol. The molecule has 7 heteroatoms. The summed E-state index contributed by atoms with van der Waals surface area (Å²) in [5.74, 6) is 0.829. The van der Waals surface area contributed by atoms with E-state index in [1.807, 2.05) is 0 Å². The molecule has 0 heterocycles. The summed E-state index contributed by atoms with van der Waals surface area (Å²) in [6, 6.07) is 8.49. The fraction of sp³-hybridized carbons (Fsp3) is 0.611. The molecule has 1 aromatic rings. The van der Waals surface area contributed by atoms with Crippen LogP contribution in [0.15, 0.2) is 29.3 Å². The molecule has 0 aliphatic rings. The standard InChI is InChI=1S/C18H33N5O.HI/c1-19-18(20-10-12-23(4)11-7-13-24-5)21-15-16-8-6-9-17(14-16)22(2)3;/h6,8-9,14H,7,10-13,15H2,1-5H3,(H2,19,20,21);1H. The summed E-state index contributed by atoms with van der Waals surface area (Å²) in [7, 11) is 9.77. The molecule has 0 aliphatic carbocycles. The highest BCUT2D eigenvalue weighted by atomic mass is 127. The fourth-order valence-electron chi connectivity index (χ4n) is 2.31. The van der Waals surface area contributed by atoms with Gasteiger partial charge < -0.3 is 25.2 Å². The molecule has 1 aromatic carbocycles. The molecule has 6 nitrogen and oxygen atoms in total. The largest absolute Gasteiger partial charge is 0.385 e. The number of nitrogens with zero attached hydrogens (tertiary/aromatic N) is 3. The number of rotatable bonds is 10. The molecule has 0 bridgehead atoms. The van der Waals surface area contributed by atoms with Crippen molar-refractivity contribution in [3.8, 4) is 0 Å². The minimum Gasteiger partial charge on any atom is -0.385 e. The fourth-order valence-corrected chi connectivity index (χ4v) is 2.31. The second-order valence-electron chi connectivity index (χ2n) is 6.07. The zero-order valence-corrected chi connectivity index (χ0v) is 18.5. The molecule has 0 saturated heterocycles. The van der Waals surface area contributed by atoms with Crippen molar-refractivity contribution in [1.29, 1.82) is 0 Å². The smallest absolute Gasteiger partial charge is 0.191 e. The Labute approximate surface area is 170 Å². The average molecular weight is 463 g/mol. The third kappa shape index (κ3) is 10.5. The van der Waals surface area contributed by atoms with Gasteiger partial charge in [0.05, 0.1) is 0 Å². The highest BCUT2D eigenvalue weighted by molar-refractivity contribution is 14.0. The average Bonchev–Trinajstić information content (AvgIpc) is 2.58. The van der Waals surface area contributed by atoms with Gasteiger partial charge in [-0.05, 0) is 31.2 Å². The number of ether oxygens (including phenoxy) is 1. The first-order valence-electron chi connectivity index (χ1n) is 8.45. The van der Waals surface area contributed by atoms with Crippen LogP contribution >= 0.6 is 24.0 Å². The van der Waals surface area contributed by atoms with E-state index in [-0.39, 0.29) is 24.0 Å². The number of likely N-dealkylation sites (N-methyl/N-ethyl adjacent to an activating group) is 1. The summed E-state index contributed by atoms with van der Waals surface area (Å²) >= 11 is 0. The van der Waals surface area contributed by atoms with Gasteiger partial charge in [0, 0.05) is 66.7 Å². The molecule has 0 radical (unpaired) electrons. The van der Waals surface area contributed by atoms with Crippen LogP contribution in [0, 0.1) is 0 Å². The lowest BCUT2D eigenvalue weighted by Crippen LogP contribution is -2.40. The Bertz CT molecular complexity index is 496. The number of aliphatic imine (C=N–C) groups is 1. The third-order valence-electron chi connectivity index (χ3n) is 3.78. The van der Waals surface area contributed by atoms with Crippen LogP contribution in [0.2, 0.25) is 0 Å². The maximum Gasteiger partial charge on any atom is 0.191 e. The summed E-state index contributed by atoms with van der Waals surface area (Å²) in [5.41, 5.74) is 2.44. The molecule has 25 heavy (non-hydrogen) atoms. The van der Waals surface area contributed by atoms with Gasteiger partial charge in [-0.2, -0.15) is 0 Å². The molecule has 1 rings (SSSR count). The summed E-state index contributed by atoms with van der Waals surface area (Å²) in [4.78, 5) is 8.68.